The highest BCUT2D eigenvalue weighted by Crippen LogP contribution is 2.34. The van der Waals surface area contributed by atoms with E-state index in [1.54, 1.807) is 18.0 Å². The number of aromatic nitrogens is 4. The Kier molecular flexibility index (Phi) is 3.89. The van der Waals surface area contributed by atoms with Crippen LogP contribution >= 0.6 is 0 Å². The second-order valence-corrected chi connectivity index (χ2v) is 6.98. The number of halogens is 1. The molecule has 0 amide bonds. The Bertz CT molecular complexity index is 1090. The lowest BCUT2D eigenvalue weighted by Gasteiger charge is -2.25. The maximum atomic E-state index is 13.6. The van der Waals surface area contributed by atoms with Crippen LogP contribution in [-0.2, 0) is 0 Å². The standard InChI is InChI=1S/C21H18FN5/c22-16-9-15(11-23-12-16)20-26-18-5-2-8-24-19(18)21(27-20)25-17-7-6-13-3-1-4-14(13)10-17/h1-2,4-5,8-9,11-12,17H,3,6-7,10H2,(H,25,26,27)/t17-/m1/s1. The zero-order valence-electron chi connectivity index (χ0n) is 14.7. The fourth-order valence-electron chi connectivity index (χ4n) is 3.83. The van der Waals surface area contributed by atoms with E-state index < -0.39 is 5.82 Å². The number of anilines is 1. The maximum Gasteiger partial charge on any atom is 0.163 e. The molecule has 0 bridgehead atoms. The lowest BCUT2D eigenvalue weighted by Crippen LogP contribution is -2.24. The van der Waals surface area contributed by atoms with Gasteiger partial charge in [0.1, 0.15) is 11.3 Å². The molecule has 5 nitrogen and oxygen atoms in total. The molecule has 1 atom stereocenters. The molecule has 134 valence electrons. The van der Waals surface area contributed by atoms with E-state index in [2.05, 4.69) is 37.4 Å². The molecule has 5 rings (SSSR count). The lowest BCUT2D eigenvalue weighted by molar-refractivity contribution is 0.608. The third kappa shape index (κ3) is 3.07. The molecular formula is C21H18FN5. The van der Waals surface area contributed by atoms with Crippen LogP contribution in [0.25, 0.3) is 22.4 Å². The number of nitrogens with one attached hydrogen (secondary N) is 1. The summed E-state index contributed by atoms with van der Waals surface area (Å²) in [4.78, 5) is 17.6. The minimum Gasteiger partial charge on any atom is -0.365 e. The molecule has 0 unspecified atom stereocenters. The Morgan fingerprint density at radius 2 is 2.15 bits per heavy atom. The minimum atomic E-state index is -0.406. The van der Waals surface area contributed by atoms with Crippen LogP contribution in [0.1, 0.15) is 25.7 Å². The molecule has 0 saturated carbocycles. The predicted molar refractivity (Wildman–Crippen MR) is 103 cm³/mol. The lowest BCUT2D eigenvalue weighted by atomic mass is 9.90. The van der Waals surface area contributed by atoms with Crippen LogP contribution in [0.4, 0.5) is 10.2 Å². The van der Waals surface area contributed by atoms with Gasteiger partial charge in [0.2, 0.25) is 0 Å². The molecule has 3 heterocycles. The highest BCUT2D eigenvalue weighted by atomic mass is 19.1. The SMILES string of the molecule is Fc1cncc(-c2nc(N[C@@H]3CCC4=C(C=CC4)C3)c3ncccc3n2)c1. The van der Waals surface area contributed by atoms with Crippen molar-refractivity contribution in [2.24, 2.45) is 0 Å². The molecular weight excluding hydrogens is 341 g/mol. The number of fused-ring (bicyclic) bond motifs is 1. The first-order valence-electron chi connectivity index (χ1n) is 9.14. The molecule has 3 aromatic heterocycles. The zero-order chi connectivity index (χ0) is 18.2. The Morgan fingerprint density at radius 1 is 1.19 bits per heavy atom. The van der Waals surface area contributed by atoms with Gasteiger partial charge < -0.3 is 5.32 Å². The highest BCUT2D eigenvalue weighted by Gasteiger charge is 2.23. The van der Waals surface area contributed by atoms with Crippen LogP contribution in [-0.4, -0.2) is 26.0 Å². The van der Waals surface area contributed by atoms with Crippen LogP contribution in [0.3, 0.4) is 0 Å². The van der Waals surface area contributed by atoms with Crippen LogP contribution < -0.4 is 5.32 Å². The second kappa shape index (κ2) is 6.54. The summed E-state index contributed by atoms with van der Waals surface area (Å²) in [6.45, 7) is 0. The van der Waals surface area contributed by atoms with E-state index in [4.69, 9.17) is 0 Å². The van der Waals surface area contributed by atoms with Crippen LogP contribution in [0.2, 0.25) is 0 Å². The van der Waals surface area contributed by atoms with E-state index >= 15 is 0 Å². The molecule has 0 aliphatic heterocycles. The van der Waals surface area contributed by atoms with E-state index in [-0.39, 0.29) is 0 Å². The van der Waals surface area contributed by atoms with Crippen molar-refractivity contribution >= 4 is 16.9 Å². The smallest absolute Gasteiger partial charge is 0.163 e. The van der Waals surface area contributed by atoms with E-state index in [1.165, 1.54) is 17.8 Å². The van der Waals surface area contributed by atoms with E-state index in [0.717, 1.165) is 36.7 Å². The molecule has 2 aliphatic carbocycles. The minimum absolute atomic E-state index is 0.296. The van der Waals surface area contributed by atoms with Crippen molar-refractivity contribution in [3.8, 4) is 11.4 Å². The third-order valence-electron chi connectivity index (χ3n) is 5.16. The molecule has 0 fully saturated rings. The van der Waals surface area contributed by atoms with Gasteiger partial charge in [-0.1, -0.05) is 17.7 Å². The Balaban J connectivity index is 1.53. The van der Waals surface area contributed by atoms with Crippen molar-refractivity contribution in [3.63, 3.8) is 0 Å². The quantitative estimate of drug-likeness (QED) is 0.749. The van der Waals surface area contributed by atoms with Crippen molar-refractivity contribution in [2.45, 2.75) is 31.7 Å². The van der Waals surface area contributed by atoms with Gasteiger partial charge in [-0.3, -0.25) is 9.97 Å². The molecule has 0 spiro atoms. The fourth-order valence-corrected chi connectivity index (χ4v) is 3.83. The number of hydrogen-bond donors (Lipinski definition) is 1. The average molecular weight is 359 g/mol. The molecule has 0 radical (unpaired) electrons. The van der Waals surface area contributed by atoms with Gasteiger partial charge in [-0.25, -0.2) is 14.4 Å². The Morgan fingerprint density at radius 3 is 3.07 bits per heavy atom. The van der Waals surface area contributed by atoms with Gasteiger partial charge in [-0.2, -0.15) is 0 Å². The summed E-state index contributed by atoms with van der Waals surface area (Å²) in [5, 5.41) is 3.57. The molecule has 3 aromatic rings. The Hall–Kier alpha value is -3.15. The van der Waals surface area contributed by atoms with Crippen molar-refractivity contribution in [2.75, 3.05) is 5.32 Å². The molecule has 2 aliphatic rings. The number of allylic oxidation sites excluding steroid dienone is 3. The molecule has 6 heteroatoms. The summed E-state index contributed by atoms with van der Waals surface area (Å²) in [7, 11) is 0. The number of hydrogen-bond acceptors (Lipinski definition) is 5. The van der Waals surface area contributed by atoms with Crippen molar-refractivity contribution < 1.29 is 4.39 Å². The van der Waals surface area contributed by atoms with Crippen LogP contribution in [0.5, 0.6) is 0 Å². The van der Waals surface area contributed by atoms with E-state index in [1.807, 2.05) is 12.1 Å². The van der Waals surface area contributed by atoms with Crippen molar-refractivity contribution in [1.29, 1.82) is 0 Å². The summed E-state index contributed by atoms with van der Waals surface area (Å²) in [5.74, 6) is 0.731. The summed E-state index contributed by atoms with van der Waals surface area (Å²) in [6.07, 6.45) is 13.2. The summed E-state index contributed by atoms with van der Waals surface area (Å²) in [6, 6.07) is 5.43. The first-order chi connectivity index (χ1) is 13.3. The highest BCUT2D eigenvalue weighted by molar-refractivity contribution is 5.86. The van der Waals surface area contributed by atoms with Gasteiger partial charge in [0, 0.05) is 24.0 Å². The topological polar surface area (TPSA) is 63.6 Å². The Labute approximate surface area is 156 Å². The van der Waals surface area contributed by atoms with Gasteiger partial charge >= 0.3 is 0 Å². The van der Waals surface area contributed by atoms with E-state index in [9.17, 15) is 4.39 Å². The predicted octanol–water partition coefficient (Wildman–Crippen LogP) is 4.45. The molecule has 1 N–H and O–H groups in total. The number of nitrogens with zero attached hydrogens (tertiary/aromatic N) is 4. The van der Waals surface area contributed by atoms with Gasteiger partial charge in [0.15, 0.2) is 11.6 Å². The third-order valence-corrected chi connectivity index (χ3v) is 5.16. The average Bonchev–Trinajstić information content (AvgIpc) is 3.16. The monoisotopic (exact) mass is 359 g/mol. The van der Waals surface area contributed by atoms with E-state index in [0.29, 0.717) is 23.2 Å². The van der Waals surface area contributed by atoms with Crippen molar-refractivity contribution in [1.82, 2.24) is 19.9 Å². The summed E-state index contributed by atoms with van der Waals surface area (Å²) >= 11 is 0. The molecule has 0 saturated heterocycles. The number of rotatable bonds is 3. The van der Waals surface area contributed by atoms with Gasteiger partial charge in [0.25, 0.3) is 0 Å². The van der Waals surface area contributed by atoms with Crippen LogP contribution in [0, 0.1) is 5.82 Å². The van der Waals surface area contributed by atoms with Crippen molar-refractivity contribution in [3.05, 3.63) is 65.9 Å². The maximum absolute atomic E-state index is 13.6. The van der Waals surface area contributed by atoms with Gasteiger partial charge in [-0.15, -0.1) is 0 Å². The van der Waals surface area contributed by atoms with Crippen LogP contribution in [0.15, 0.2) is 60.1 Å². The largest absolute Gasteiger partial charge is 0.365 e. The van der Waals surface area contributed by atoms with Gasteiger partial charge in [-0.05, 0) is 49.5 Å². The summed E-state index contributed by atoms with van der Waals surface area (Å²) in [5.41, 5.74) is 5.01. The molecule has 0 aromatic carbocycles. The normalized spacial score (nSPS) is 18.8. The summed E-state index contributed by atoms with van der Waals surface area (Å²) < 4.78 is 13.6. The molecule has 27 heavy (non-hydrogen) atoms. The van der Waals surface area contributed by atoms with Gasteiger partial charge in [0.05, 0.1) is 11.7 Å². The second-order valence-electron chi connectivity index (χ2n) is 6.98. The zero-order valence-corrected chi connectivity index (χ0v) is 14.7. The fraction of sp³-hybridized carbons (Fsp3) is 0.238. The first-order valence-corrected chi connectivity index (χ1v) is 9.14. The first kappa shape index (κ1) is 16.1. The number of pyridine rings is 2.